The Balaban J connectivity index is 2.47. The van der Waals surface area contributed by atoms with Gasteiger partial charge in [0.25, 0.3) is 0 Å². The van der Waals surface area contributed by atoms with Gasteiger partial charge in [-0.05, 0) is 25.5 Å². The van der Waals surface area contributed by atoms with Crippen molar-refractivity contribution in [2.24, 2.45) is 10.9 Å². The van der Waals surface area contributed by atoms with Gasteiger partial charge in [0.15, 0.2) is 5.84 Å². The van der Waals surface area contributed by atoms with Gasteiger partial charge in [-0.15, -0.1) is 0 Å². The maximum absolute atomic E-state index is 9.00. The molecule has 0 bridgehead atoms. The molecule has 0 spiro atoms. The molecule has 1 aromatic carbocycles. The predicted octanol–water partition coefficient (Wildman–Crippen LogP) is 1.79. The van der Waals surface area contributed by atoms with E-state index in [1.54, 1.807) is 7.11 Å². The van der Waals surface area contributed by atoms with Crippen molar-refractivity contribution in [3.05, 3.63) is 23.8 Å². The molecule has 1 aliphatic heterocycles. The lowest BCUT2D eigenvalue weighted by Crippen LogP contribution is -2.49. The van der Waals surface area contributed by atoms with E-state index in [4.69, 9.17) is 20.4 Å². The summed E-state index contributed by atoms with van der Waals surface area (Å²) in [5.41, 5.74) is 7.42. The molecule has 21 heavy (non-hydrogen) atoms. The third-order valence-corrected chi connectivity index (χ3v) is 3.84. The number of benzene rings is 1. The van der Waals surface area contributed by atoms with Crippen molar-refractivity contribution in [1.82, 2.24) is 0 Å². The maximum atomic E-state index is 9.00. The Bertz CT molecular complexity index is 519. The molecular weight excluding hydrogens is 270 g/mol. The number of oxime groups is 1. The van der Waals surface area contributed by atoms with E-state index in [1.807, 2.05) is 25.1 Å². The van der Waals surface area contributed by atoms with Crippen molar-refractivity contribution in [3.8, 4) is 5.75 Å². The van der Waals surface area contributed by atoms with Crippen LogP contribution < -0.4 is 15.4 Å². The van der Waals surface area contributed by atoms with Crippen molar-refractivity contribution in [3.63, 3.8) is 0 Å². The largest absolute Gasteiger partial charge is 0.497 e. The molecule has 116 valence electrons. The van der Waals surface area contributed by atoms with Crippen molar-refractivity contribution >= 4 is 11.5 Å². The van der Waals surface area contributed by atoms with Crippen LogP contribution in [-0.2, 0) is 4.74 Å². The second-order valence-electron chi connectivity index (χ2n) is 5.23. The van der Waals surface area contributed by atoms with E-state index in [-0.39, 0.29) is 18.0 Å². The van der Waals surface area contributed by atoms with Crippen LogP contribution in [0.3, 0.4) is 0 Å². The lowest BCUT2D eigenvalue weighted by molar-refractivity contribution is 0.0299. The van der Waals surface area contributed by atoms with Crippen LogP contribution in [0.1, 0.15) is 25.8 Å². The summed E-state index contributed by atoms with van der Waals surface area (Å²) in [6.07, 6.45) is 1.10. The molecule has 0 aromatic heterocycles. The van der Waals surface area contributed by atoms with E-state index < -0.39 is 0 Å². The topological polar surface area (TPSA) is 80.3 Å². The molecule has 1 aliphatic rings. The Kier molecular flexibility index (Phi) is 4.90. The molecule has 1 fully saturated rings. The van der Waals surface area contributed by atoms with Crippen molar-refractivity contribution in [1.29, 1.82) is 0 Å². The van der Waals surface area contributed by atoms with Crippen molar-refractivity contribution in [2.45, 2.75) is 32.4 Å². The van der Waals surface area contributed by atoms with Gasteiger partial charge in [0.05, 0.1) is 31.5 Å². The van der Waals surface area contributed by atoms with Crippen molar-refractivity contribution < 1.29 is 14.7 Å². The average molecular weight is 293 g/mol. The lowest BCUT2D eigenvalue weighted by atomic mass is 10.0. The fraction of sp³-hybridized carbons (Fsp3) is 0.533. The van der Waals surface area contributed by atoms with Crippen LogP contribution in [0, 0.1) is 0 Å². The molecule has 0 radical (unpaired) electrons. The van der Waals surface area contributed by atoms with Gasteiger partial charge in [-0.25, -0.2) is 0 Å². The Morgan fingerprint density at radius 1 is 1.57 bits per heavy atom. The first-order valence-electron chi connectivity index (χ1n) is 7.14. The SMILES string of the molecule is CCC1COC(C)CN1c1cc(OC)ccc1/C(N)=N/O. The molecule has 0 saturated carbocycles. The minimum atomic E-state index is 0.0988. The molecular formula is C15H23N3O3. The van der Waals surface area contributed by atoms with E-state index in [1.165, 1.54) is 0 Å². The Hall–Kier alpha value is -1.95. The summed E-state index contributed by atoms with van der Waals surface area (Å²) in [5, 5.41) is 12.1. The minimum Gasteiger partial charge on any atom is -0.497 e. The summed E-state index contributed by atoms with van der Waals surface area (Å²) in [5.74, 6) is 0.843. The molecule has 0 amide bonds. The number of anilines is 1. The third kappa shape index (κ3) is 3.21. The van der Waals surface area contributed by atoms with Crippen LogP contribution in [-0.4, -0.2) is 43.5 Å². The van der Waals surface area contributed by atoms with Crippen LogP contribution >= 0.6 is 0 Å². The highest BCUT2D eigenvalue weighted by Crippen LogP contribution is 2.30. The van der Waals surface area contributed by atoms with Crippen molar-refractivity contribution in [2.75, 3.05) is 25.2 Å². The zero-order valence-electron chi connectivity index (χ0n) is 12.7. The van der Waals surface area contributed by atoms with E-state index in [0.29, 0.717) is 12.2 Å². The van der Waals surface area contributed by atoms with Gasteiger partial charge in [0, 0.05) is 18.2 Å². The van der Waals surface area contributed by atoms with Gasteiger partial charge >= 0.3 is 0 Å². The van der Waals surface area contributed by atoms with Gasteiger partial charge in [0.2, 0.25) is 0 Å². The van der Waals surface area contributed by atoms with Gasteiger partial charge in [-0.2, -0.15) is 0 Å². The number of morpholine rings is 1. The molecule has 6 heteroatoms. The standard InChI is InChI=1S/C15H23N3O3/c1-4-11-9-21-10(2)8-18(11)14-7-12(20-3)5-6-13(14)15(16)17-19/h5-7,10-11,19H,4,8-9H2,1-3H3,(H2,16,17). The molecule has 6 nitrogen and oxygen atoms in total. The zero-order valence-corrected chi connectivity index (χ0v) is 12.7. The highest BCUT2D eigenvalue weighted by molar-refractivity contribution is 6.02. The molecule has 0 aliphatic carbocycles. The average Bonchev–Trinajstić information content (AvgIpc) is 2.53. The molecule has 3 N–H and O–H groups in total. The summed E-state index contributed by atoms with van der Waals surface area (Å²) >= 11 is 0. The Labute approximate surface area is 125 Å². The lowest BCUT2D eigenvalue weighted by Gasteiger charge is -2.40. The zero-order chi connectivity index (χ0) is 15.4. The highest BCUT2D eigenvalue weighted by atomic mass is 16.5. The molecule has 2 rings (SSSR count). The van der Waals surface area contributed by atoms with Crippen LogP contribution in [0.15, 0.2) is 23.4 Å². The van der Waals surface area contributed by atoms with Gasteiger partial charge in [0.1, 0.15) is 5.75 Å². The molecule has 1 saturated heterocycles. The summed E-state index contributed by atoms with van der Waals surface area (Å²) in [4.78, 5) is 2.25. The number of ether oxygens (including phenoxy) is 2. The predicted molar refractivity (Wildman–Crippen MR) is 82.3 cm³/mol. The first kappa shape index (κ1) is 15.4. The Morgan fingerprint density at radius 2 is 2.33 bits per heavy atom. The quantitative estimate of drug-likeness (QED) is 0.383. The monoisotopic (exact) mass is 293 g/mol. The smallest absolute Gasteiger partial charge is 0.172 e. The van der Waals surface area contributed by atoms with E-state index >= 15 is 0 Å². The van der Waals surface area contributed by atoms with Crippen LogP contribution in [0.5, 0.6) is 5.75 Å². The fourth-order valence-corrected chi connectivity index (χ4v) is 2.62. The number of nitrogens with zero attached hydrogens (tertiary/aromatic N) is 2. The van der Waals surface area contributed by atoms with Crippen LogP contribution in [0.25, 0.3) is 0 Å². The first-order valence-corrected chi connectivity index (χ1v) is 7.14. The second-order valence-corrected chi connectivity index (χ2v) is 5.23. The number of amidine groups is 1. The van der Waals surface area contributed by atoms with Crippen LogP contribution in [0.4, 0.5) is 5.69 Å². The first-order chi connectivity index (χ1) is 10.1. The highest BCUT2D eigenvalue weighted by Gasteiger charge is 2.28. The normalized spacial score (nSPS) is 23.2. The van der Waals surface area contributed by atoms with Gasteiger partial charge < -0.3 is 25.3 Å². The number of hydrogen-bond acceptors (Lipinski definition) is 5. The van der Waals surface area contributed by atoms with Gasteiger partial charge in [-0.3, -0.25) is 0 Å². The maximum Gasteiger partial charge on any atom is 0.172 e. The van der Waals surface area contributed by atoms with Crippen LogP contribution in [0.2, 0.25) is 0 Å². The van der Waals surface area contributed by atoms with E-state index in [0.717, 1.165) is 24.4 Å². The third-order valence-electron chi connectivity index (χ3n) is 3.84. The summed E-state index contributed by atoms with van der Waals surface area (Å²) in [6.45, 7) is 5.60. The summed E-state index contributed by atoms with van der Waals surface area (Å²) < 4.78 is 11.0. The summed E-state index contributed by atoms with van der Waals surface area (Å²) in [6, 6.07) is 5.81. The molecule has 1 aromatic rings. The summed E-state index contributed by atoms with van der Waals surface area (Å²) in [7, 11) is 1.63. The number of hydrogen-bond donors (Lipinski definition) is 2. The Morgan fingerprint density at radius 3 is 2.95 bits per heavy atom. The second kappa shape index (κ2) is 6.67. The molecule has 2 unspecified atom stereocenters. The minimum absolute atomic E-state index is 0.0988. The number of methoxy groups -OCH3 is 1. The fourth-order valence-electron chi connectivity index (χ4n) is 2.62. The molecule has 1 heterocycles. The molecule has 2 atom stereocenters. The van der Waals surface area contributed by atoms with E-state index in [2.05, 4.69) is 17.0 Å². The number of nitrogens with two attached hydrogens (primary N) is 1. The van der Waals surface area contributed by atoms with E-state index in [9.17, 15) is 0 Å². The van der Waals surface area contributed by atoms with Gasteiger partial charge in [-0.1, -0.05) is 12.1 Å². The number of rotatable bonds is 4.